The van der Waals surface area contributed by atoms with E-state index in [4.69, 9.17) is 4.42 Å². The number of pyridine rings is 1. The lowest BCUT2D eigenvalue weighted by molar-refractivity contribution is 0.102. The van der Waals surface area contributed by atoms with E-state index in [2.05, 4.69) is 15.3 Å². The molecule has 0 fully saturated rings. The fourth-order valence-electron chi connectivity index (χ4n) is 2.46. The summed E-state index contributed by atoms with van der Waals surface area (Å²) in [6.07, 6.45) is 3.10. The number of oxazole rings is 1. The number of anilines is 1. The highest BCUT2D eigenvalue weighted by Gasteiger charge is 2.13. The van der Waals surface area contributed by atoms with E-state index < -0.39 is 5.82 Å². The van der Waals surface area contributed by atoms with Crippen LogP contribution in [0.4, 0.5) is 10.1 Å². The zero-order valence-electron chi connectivity index (χ0n) is 12.9. The highest BCUT2D eigenvalue weighted by Crippen LogP contribution is 2.27. The number of rotatable bonds is 3. The molecule has 0 unspecified atom stereocenters. The maximum Gasteiger partial charge on any atom is 0.255 e. The standard InChI is InChI=1S/C19H12FN3O2/c20-15-4-2-1-3-14(15)19-23-16-11-13(5-6-17(16)25-19)22-18(24)12-7-9-21-10-8-12/h1-11H,(H,22,24). The number of carbonyl (C=O) groups is 1. The van der Waals surface area contributed by atoms with Gasteiger partial charge in [-0.05, 0) is 42.5 Å². The third-order valence-corrected chi connectivity index (χ3v) is 3.69. The Bertz CT molecular complexity index is 1060. The molecule has 0 spiro atoms. The van der Waals surface area contributed by atoms with Crippen LogP contribution < -0.4 is 5.32 Å². The maximum absolute atomic E-state index is 13.9. The second kappa shape index (κ2) is 6.16. The minimum atomic E-state index is -0.403. The number of aromatic nitrogens is 2. The SMILES string of the molecule is O=C(Nc1ccc2oc(-c3ccccc3F)nc2c1)c1ccncc1. The van der Waals surface area contributed by atoms with E-state index in [1.807, 2.05) is 0 Å². The van der Waals surface area contributed by atoms with Crippen LogP contribution in [0.3, 0.4) is 0 Å². The number of carbonyl (C=O) groups excluding carboxylic acids is 1. The third-order valence-electron chi connectivity index (χ3n) is 3.69. The number of halogens is 1. The van der Waals surface area contributed by atoms with Gasteiger partial charge in [-0.2, -0.15) is 0 Å². The lowest BCUT2D eigenvalue weighted by Gasteiger charge is -2.04. The highest BCUT2D eigenvalue weighted by atomic mass is 19.1. The normalized spacial score (nSPS) is 10.8. The largest absolute Gasteiger partial charge is 0.436 e. The monoisotopic (exact) mass is 333 g/mol. The lowest BCUT2D eigenvalue weighted by Crippen LogP contribution is -2.11. The molecule has 25 heavy (non-hydrogen) atoms. The molecule has 2 aromatic carbocycles. The summed E-state index contributed by atoms with van der Waals surface area (Å²) in [7, 11) is 0. The summed E-state index contributed by atoms with van der Waals surface area (Å²) >= 11 is 0. The summed E-state index contributed by atoms with van der Waals surface area (Å²) in [6, 6.07) is 14.6. The molecule has 1 N–H and O–H groups in total. The van der Waals surface area contributed by atoms with Crippen LogP contribution in [0, 0.1) is 5.82 Å². The molecular weight excluding hydrogens is 321 g/mol. The fraction of sp³-hybridized carbons (Fsp3) is 0. The van der Waals surface area contributed by atoms with Gasteiger partial charge < -0.3 is 9.73 Å². The van der Waals surface area contributed by atoms with E-state index in [9.17, 15) is 9.18 Å². The third kappa shape index (κ3) is 2.97. The van der Waals surface area contributed by atoms with Crippen molar-refractivity contribution in [3.05, 3.63) is 78.4 Å². The molecule has 4 rings (SSSR count). The number of benzene rings is 2. The van der Waals surface area contributed by atoms with Crippen molar-refractivity contribution in [3.63, 3.8) is 0 Å². The summed E-state index contributed by atoms with van der Waals surface area (Å²) < 4.78 is 19.5. The van der Waals surface area contributed by atoms with Gasteiger partial charge in [0.2, 0.25) is 5.89 Å². The minimum Gasteiger partial charge on any atom is -0.436 e. The van der Waals surface area contributed by atoms with E-state index in [0.29, 0.717) is 27.9 Å². The molecule has 0 aliphatic carbocycles. The minimum absolute atomic E-state index is 0.200. The van der Waals surface area contributed by atoms with Gasteiger partial charge in [0.15, 0.2) is 5.58 Å². The number of hydrogen-bond acceptors (Lipinski definition) is 4. The predicted octanol–water partition coefficient (Wildman–Crippen LogP) is 4.28. The molecule has 2 heterocycles. The molecule has 0 saturated heterocycles. The Hall–Kier alpha value is -3.54. The summed E-state index contributed by atoms with van der Waals surface area (Å²) in [4.78, 5) is 20.4. The van der Waals surface area contributed by atoms with Crippen molar-refractivity contribution >= 4 is 22.7 Å². The van der Waals surface area contributed by atoms with Crippen LogP contribution in [0.25, 0.3) is 22.6 Å². The summed E-state index contributed by atoms with van der Waals surface area (Å²) in [5, 5.41) is 2.79. The summed E-state index contributed by atoms with van der Waals surface area (Å²) in [6.45, 7) is 0. The highest BCUT2D eigenvalue weighted by molar-refractivity contribution is 6.04. The van der Waals surface area contributed by atoms with Crippen molar-refractivity contribution in [2.24, 2.45) is 0 Å². The van der Waals surface area contributed by atoms with Crippen LogP contribution >= 0.6 is 0 Å². The van der Waals surface area contributed by atoms with Gasteiger partial charge in [-0.3, -0.25) is 9.78 Å². The molecule has 0 aliphatic heterocycles. The van der Waals surface area contributed by atoms with E-state index in [0.717, 1.165) is 0 Å². The van der Waals surface area contributed by atoms with Gasteiger partial charge in [0.25, 0.3) is 5.91 Å². The summed E-state index contributed by atoms with van der Waals surface area (Å²) in [5.41, 5.74) is 2.41. The summed E-state index contributed by atoms with van der Waals surface area (Å²) in [5.74, 6) is -0.453. The first-order valence-corrected chi connectivity index (χ1v) is 7.57. The number of amides is 1. The zero-order valence-corrected chi connectivity index (χ0v) is 12.9. The molecular formula is C19H12FN3O2. The Morgan fingerprint density at radius 3 is 2.64 bits per heavy atom. The molecule has 0 radical (unpaired) electrons. The lowest BCUT2D eigenvalue weighted by atomic mass is 10.2. The quantitative estimate of drug-likeness (QED) is 0.607. The van der Waals surface area contributed by atoms with Crippen molar-refractivity contribution in [1.29, 1.82) is 0 Å². The molecule has 5 nitrogen and oxygen atoms in total. The average Bonchev–Trinajstić information content (AvgIpc) is 3.06. The Kier molecular flexibility index (Phi) is 3.70. The molecule has 0 aliphatic rings. The van der Waals surface area contributed by atoms with Gasteiger partial charge in [0, 0.05) is 23.6 Å². The van der Waals surface area contributed by atoms with E-state index in [-0.39, 0.29) is 11.8 Å². The van der Waals surface area contributed by atoms with Gasteiger partial charge in [-0.1, -0.05) is 12.1 Å². The van der Waals surface area contributed by atoms with Crippen LogP contribution in [0.2, 0.25) is 0 Å². The molecule has 0 saturated carbocycles. The first kappa shape index (κ1) is 15.0. The average molecular weight is 333 g/mol. The maximum atomic E-state index is 13.9. The predicted molar refractivity (Wildman–Crippen MR) is 91.6 cm³/mol. The molecule has 0 bridgehead atoms. The zero-order chi connectivity index (χ0) is 17.2. The molecule has 6 heteroatoms. The van der Waals surface area contributed by atoms with Crippen LogP contribution in [0.1, 0.15) is 10.4 Å². The van der Waals surface area contributed by atoms with Crippen LogP contribution in [-0.4, -0.2) is 15.9 Å². The molecule has 0 atom stereocenters. The van der Waals surface area contributed by atoms with Gasteiger partial charge in [-0.15, -0.1) is 0 Å². The number of nitrogens with one attached hydrogen (secondary N) is 1. The van der Waals surface area contributed by atoms with Gasteiger partial charge in [-0.25, -0.2) is 9.37 Å². The molecule has 122 valence electrons. The number of fused-ring (bicyclic) bond motifs is 1. The van der Waals surface area contributed by atoms with Gasteiger partial charge in [0.1, 0.15) is 11.3 Å². The van der Waals surface area contributed by atoms with Crippen molar-refractivity contribution in [3.8, 4) is 11.5 Å². The second-order valence-corrected chi connectivity index (χ2v) is 5.37. The Morgan fingerprint density at radius 2 is 1.84 bits per heavy atom. The van der Waals surface area contributed by atoms with E-state index in [1.165, 1.54) is 6.07 Å². The Balaban J connectivity index is 1.65. The smallest absolute Gasteiger partial charge is 0.255 e. The van der Waals surface area contributed by atoms with Crippen molar-refractivity contribution in [2.75, 3.05) is 5.32 Å². The van der Waals surface area contributed by atoms with Gasteiger partial charge >= 0.3 is 0 Å². The Morgan fingerprint density at radius 1 is 1.04 bits per heavy atom. The number of hydrogen-bond donors (Lipinski definition) is 1. The molecule has 2 aromatic heterocycles. The van der Waals surface area contributed by atoms with Crippen LogP contribution in [-0.2, 0) is 0 Å². The second-order valence-electron chi connectivity index (χ2n) is 5.37. The first-order chi connectivity index (χ1) is 12.2. The van der Waals surface area contributed by atoms with Gasteiger partial charge in [0.05, 0.1) is 5.56 Å². The topological polar surface area (TPSA) is 68.0 Å². The first-order valence-electron chi connectivity index (χ1n) is 7.57. The van der Waals surface area contributed by atoms with E-state index in [1.54, 1.807) is 60.9 Å². The van der Waals surface area contributed by atoms with Crippen LogP contribution in [0.5, 0.6) is 0 Å². The molecule has 4 aromatic rings. The van der Waals surface area contributed by atoms with E-state index >= 15 is 0 Å². The Labute approximate surface area is 142 Å². The molecule has 1 amide bonds. The fourth-order valence-corrected chi connectivity index (χ4v) is 2.46. The number of nitrogens with zero attached hydrogens (tertiary/aromatic N) is 2. The van der Waals surface area contributed by atoms with Crippen LogP contribution in [0.15, 0.2) is 71.4 Å². The van der Waals surface area contributed by atoms with Crippen molar-refractivity contribution in [2.45, 2.75) is 0 Å². The van der Waals surface area contributed by atoms with Crippen molar-refractivity contribution < 1.29 is 13.6 Å². The van der Waals surface area contributed by atoms with Crippen molar-refractivity contribution in [1.82, 2.24) is 9.97 Å².